The zero-order valence-corrected chi connectivity index (χ0v) is 21.9. The molecule has 3 heterocycles. The molecule has 1 aromatic carbocycles. The first-order chi connectivity index (χ1) is 17.2. The van der Waals surface area contributed by atoms with Gasteiger partial charge in [-0.05, 0) is 50.8 Å². The molecule has 0 bridgehead atoms. The van der Waals surface area contributed by atoms with Crippen molar-refractivity contribution < 1.29 is 16.8 Å². The quantitative estimate of drug-likeness (QED) is 0.468. The van der Waals surface area contributed by atoms with Gasteiger partial charge in [0, 0.05) is 44.5 Å². The third-order valence-corrected chi connectivity index (χ3v) is 11.7. The van der Waals surface area contributed by atoms with Crippen molar-refractivity contribution >= 4 is 36.9 Å². The molecular formula is C24H30N6O4S2. The monoisotopic (exact) mass is 530 g/mol. The van der Waals surface area contributed by atoms with Crippen LogP contribution in [0.2, 0.25) is 0 Å². The average molecular weight is 531 g/mol. The second-order valence-electron chi connectivity index (χ2n) is 10.1. The van der Waals surface area contributed by atoms with Gasteiger partial charge in [-0.25, -0.2) is 30.8 Å². The first-order valence-corrected chi connectivity index (χ1v) is 15.2. The molecule has 0 radical (unpaired) electrons. The van der Waals surface area contributed by atoms with E-state index in [4.69, 9.17) is 0 Å². The molecule has 2 saturated carbocycles. The number of hydrogen-bond donors (Lipinski definition) is 1. The van der Waals surface area contributed by atoms with Crippen LogP contribution in [0, 0.1) is 6.92 Å². The van der Waals surface area contributed by atoms with Gasteiger partial charge < -0.3 is 10.2 Å². The van der Waals surface area contributed by atoms with Crippen LogP contribution in [0.15, 0.2) is 47.8 Å². The summed E-state index contributed by atoms with van der Waals surface area (Å²) in [5, 5.41) is 3.41. The fraction of sp³-hybridized carbons (Fsp3) is 0.500. The summed E-state index contributed by atoms with van der Waals surface area (Å²) in [6.45, 7) is 2.97. The van der Waals surface area contributed by atoms with Crippen molar-refractivity contribution in [2.75, 3.05) is 25.0 Å². The lowest BCUT2D eigenvalue weighted by molar-refractivity contribution is 0.179. The summed E-state index contributed by atoms with van der Waals surface area (Å²) < 4.78 is 55.9. The standard InChI is InChI=1S/C24H30N6O4S2/c1-16-3-7-20(8-4-16)35(31,32)29-10-9-22-23(26-15-27-24(22)29)28(2)18-11-19(12-18)30(17-5-6-17)36(33,34)21-13-25-14-21/h3-4,7-10,15,17-19,21,25H,5-6,11-14H2,1-2H3. The van der Waals surface area contributed by atoms with Gasteiger partial charge in [0.15, 0.2) is 5.65 Å². The van der Waals surface area contributed by atoms with E-state index in [1.165, 1.54) is 16.5 Å². The lowest BCUT2D eigenvalue weighted by Crippen LogP contribution is -2.62. The molecule has 1 aliphatic heterocycles. The number of fused-ring (bicyclic) bond motifs is 1. The number of benzene rings is 1. The minimum Gasteiger partial charge on any atom is -0.356 e. The summed E-state index contributed by atoms with van der Waals surface area (Å²) in [5.74, 6) is 0.644. The predicted octanol–water partition coefficient (Wildman–Crippen LogP) is 1.71. The number of aromatic nitrogens is 3. The lowest BCUT2D eigenvalue weighted by atomic mass is 9.85. The van der Waals surface area contributed by atoms with E-state index >= 15 is 0 Å². The molecule has 0 amide bonds. The molecule has 3 aromatic rings. The molecule has 192 valence electrons. The summed E-state index contributed by atoms with van der Waals surface area (Å²) in [7, 11) is -5.17. The third-order valence-electron chi connectivity index (χ3n) is 7.70. The Morgan fingerprint density at radius 3 is 2.25 bits per heavy atom. The van der Waals surface area contributed by atoms with Crippen LogP contribution < -0.4 is 10.2 Å². The van der Waals surface area contributed by atoms with Gasteiger partial charge in [-0.2, -0.15) is 4.31 Å². The molecule has 12 heteroatoms. The van der Waals surface area contributed by atoms with Gasteiger partial charge in [-0.1, -0.05) is 17.7 Å². The Kier molecular flexibility index (Phi) is 5.63. The molecule has 10 nitrogen and oxygen atoms in total. The molecule has 0 atom stereocenters. The minimum absolute atomic E-state index is 0.000564. The highest BCUT2D eigenvalue weighted by molar-refractivity contribution is 7.90. The SMILES string of the molecule is Cc1ccc(S(=O)(=O)n2ccc3c(N(C)C4CC(N(C5CC5)S(=O)(=O)C5CNC5)C4)ncnc32)cc1. The highest BCUT2D eigenvalue weighted by Gasteiger charge is 2.50. The number of nitrogens with zero attached hydrogens (tertiary/aromatic N) is 5. The van der Waals surface area contributed by atoms with Crippen LogP contribution in [0.25, 0.3) is 11.0 Å². The Bertz CT molecular complexity index is 1510. The molecule has 2 aliphatic carbocycles. The van der Waals surface area contributed by atoms with E-state index in [0.717, 1.165) is 31.2 Å². The third kappa shape index (κ3) is 3.82. The van der Waals surface area contributed by atoms with Crippen LogP contribution in [-0.2, 0) is 20.0 Å². The van der Waals surface area contributed by atoms with Crippen molar-refractivity contribution in [2.24, 2.45) is 0 Å². The predicted molar refractivity (Wildman–Crippen MR) is 137 cm³/mol. The van der Waals surface area contributed by atoms with Crippen molar-refractivity contribution in [1.82, 2.24) is 23.6 Å². The largest absolute Gasteiger partial charge is 0.356 e. The lowest BCUT2D eigenvalue weighted by Gasteiger charge is -2.47. The topological polar surface area (TPSA) is 118 Å². The first-order valence-electron chi connectivity index (χ1n) is 12.3. The fourth-order valence-corrected chi connectivity index (χ4v) is 8.67. The Balaban J connectivity index is 1.24. The molecule has 3 aliphatic rings. The van der Waals surface area contributed by atoms with Crippen LogP contribution in [0.3, 0.4) is 0 Å². The normalized spacial score (nSPS) is 23.0. The van der Waals surface area contributed by atoms with Crippen LogP contribution in [0.4, 0.5) is 5.82 Å². The highest BCUT2D eigenvalue weighted by Crippen LogP contribution is 2.42. The zero-order valence-electron chi connectivity index (χ0n) is 20.3. The van der Waals surface area contributed by atoms with Crippen molar-refractivity contribution in [3.05, 3.63) is 48.4 Å². The van der Waals surface area contributed by atoms with Gasteiger partial charge >= 0.3 is 0 Å². The number of anilines is 1. The molecule has 2 aromatic heterocycles. The number of aryl methyl sites for hydroxylation is 1. The van der Waals surface area contributed by atoms with Crippen LogP contribution in [0.5, 0.6) is 0 Å². The summed E-state index contributed by atoms with van der Waals surface area (Å²) in [6, 6.07) is 8.71. The maximum atomic E-state index is 13.3. The van der Waals surface area contributed by atoms with E-state index < -0.39 is 20.0 Å². The minimum atomic E-state index is -3.81. The van der Waals surface area contributed by atoms with E-state index in [1.807, 2.05) is 18.9 Å². The van der Waals surface area contributed by atoms with Gasteiger partial charge in [-0.3, -0.25) is 0 Å². The Hall–Kier alpha value is -2.54. The summed E-state index contributed by atoms with van der Waals surface area (Å²) >= 11 is 0. The van der Waals surface area contributed by atoms with Crippen molar-refractivity contribution in [2.45, 2.75) is 60.9 Å². The second-order valence-corrected chi connectivity index (χ2v) is 14.1. The van der Waals surface area contributed by atoms with E-state index in [-0.39, 0.29) is 28.3 Å². The molecule has 1 saturated heterocycles. The number of rotatable bonds is 8. The van der Waals surface area contributed by atoms with Gasteiger partial charge in [0.25, 0.3) is 10.0 Å². The van der Waals surface area contributed by atoms with E-state index in [1.54, 1.807) is 34.6 Å². The second kappa shape index (κ2) is 8.51. The maximum Gasteiger partial charge on any atom is 0.269 e. The molecule has 1 N–H and O–H groups in total. The average Bonchev–Trinajstić information content (AvgIpc) is 3.49. The number of sulfonamides is 1. The van der Waals surface area contributed by atoms with Crippen LogP contribution >= 0.6 is 0 Å². The molecule has 36 heavy (non-hydrogen) atoms. The van der Waals surface area contributed by atoms with E-state index in [2.05, 4.69) is 15.3 Å². The summed E-state index contributed by atoms with van der Waals surface area (Å²) in [4.78, 5) is 11.0. The van der Waals surface area contributed by atoms with Gasteiger partial charge in [0.1, 0.15) is 17.4 Å². The van der Waals surface area contributed by atoms with Crippen LogP contribution in [-0.4, -0.2) is 78.6 Å². The fourth-order valence-electron chi connectivity index (χ4n) is 5.16. The van der Waals surface area contributed by atoms with Crippen molar-refractivity contribution in [3.63, 3.8) is 0 Å². The smallest absolute Gasteiger partial charge is 0.269 e. The van der Waals surface area contributed by atoms with Crippen molar-refractivity contribution in [3.8, 4) is 0 Å². The highest BCUT2D eigenvalue weighted by atomic mass is 32.2. The summed E-state index contributed by atoms with van der Waals surface area (Å²) in [6.07, 6.45) is 6.22. The maximum absolute atomic E-state index is 13.3. The van der Waals surface area contributed by atoms with E-state index in [0.29, 0.717) is 29.9 Å². The molecule has 6 rings (SSSR count). The zero-order chi connectivity index (χ0) is 25.2. The Labute approximate surface area is 211 Å². The van der Waals surface area contributed by atoms with Gasteiger partial charge in [0.2, 0.25) is 10.0 Å². The molecular weight excluding hydrogens is 500 g/mol. The Morgan fingerprint density at radius 2 is 1.64 bits per heavy atom. The van der Waals surface area contributed by atoms with Crippen LogP contribution in [0.1, 0.15) is 31.2 Å². The molecule has 0 spiro atoms. The number of nitrogens with one attached hydrogen (secondary N) is 1. The van der Waals surface area contributed by atoms with Gasteiger partial charge in [0.05, 0.1) is 10.3 Å². The Morgan fingerprint density at radius 1 is 0.944 bits per heavy atom. The van der Waals surface area contributed by atoms with Crippen molar-refractivity contribution in [1.29, 1.82) is 0 Å². The molecule has 3 fully saturated rings. The first kappa shape index (κ1) is 23.8. The molecule has 0 unspecified atom stereocenters. The summed E-state index contributed by atoms with van der Waals surface area (Å²) in [5.41, 5.74) is 1.30. The van der Waals surface area contributed by atoms with E-state index in [9.17, 15) is 16.8 Å². The van der Waals surface area contributed by atoms with Gasteiger partial charge in [-0.15, -0.1) is 0 Å². The number of hydrogen-bond acceptors (Lipinski definition) is 8.